The lowest BCUT2D eigenvalue weighted by atomic mass is 9.93. The predicted molar refractivity (Wildman–Crippen MR) is 107 cm³/mol. The van der Waals surface area contributed by atoms with E-state index in [4.69, 9.17) is 4.42 Å². The van der Waals surface area contributed by atoms with E-state index in [0.717, 1.165) is 53.2 Å². The summed E-state index contributed by atoms with van der Waals surface area (Å²) in [6, 6.07) is 19.2. The molecule has 0 aliphatic heterocycles. The van der Waals surface area contributed by atoms with Crippen LogP contribution in [0.3, 0.4) is 0 Å². The maximum Gasteiger partial charge on any atom is 0.291 e. The number of anilines is 2. The third-order valence-corrected chi connectivity index (χ3v) is 4.66. The summed E-state index contributed by atoms with van der Waals surface area (Å²) in [5.74, 6) is 0.965. The standard InChI is InChI=1S/C22H21N3O2/c1-15-20-18(25-24-17-11-6-3-7-12-17)13-8-14-19(20)27-21(15)22(26)23-16-9-4-2-5-10-16/h2-7,9-12,24H,8,13-14H2,1H3,(H,23,26)/b25-18+. The number of para-hydroxylation sites is 2. The molecule has 136 valence electrons. The Morgan fingerprint density at radius 3 is 2.33 bits per heavy atom. The summed E-state index contributed by atoms with van der Waals surface area (Å²) in [5.41, 5.74) is 7.51. The van der Waals surface area contributed by atoms with Crippen molar-refractivity contribution in [3.63, 3.8) is 0 Å². The maximum atomic E-state index is 12.7. The van der Waals surface area contributed by atoms with Crippen LogP contribution in [0.15, 0.2) is 70.2 Å². The van der Waals surface area contributed by atoms with Gasteiger partial charge in [-0.3, -0.25) is 10.2 Å². The Kier molecular flexibility index (Phi) is 4.75. The van der Waals surface area contributed by atoms with E-state index in [1.54, 1.807) is 0 Å². The van der Waals surface area contributed by atoms with Crippen molar-refractivity contribution < 1.29 is 9.21 Å². The molecule has 0 radical (unpaired) electrons. The topological polar surface area (TPSA) is 66.6 Å². The lowest BCUT2D eigenvalue weighted by Gasteiger charge is -2.13. The first-order chi connectivity index (χ1) is 13.2. The number of furan rings is 1. The van der Waals surface area contributed by atoms with Gasteiger partial charge < -0.3 is 9.73 Å². The third-order valence-electron chi connectivity index (χ3n) is 4.66. The van der Waals surface area contributed by atoms with E-state index in [2.05, 4.69) is 15.8 Å². The second-order valence-corrected chi connectivity index (χ2v) is 6.56. The van der Waals surface area contributed by atoms with Crippen LogP contribution in [-0.4, -0.2) is 11.6 Å². The molecule has 0 fully saturated rings. The van der Waals surface area contributed by atoms with Crippen molar-refractivity contribution in [2.75, 3.05) is 10.7 Å². The van der Waals surface area contributed by atoms with E-state index in [9.17, 15) is 4.79 Å². The van der Waals surface area contributed by atoms with E-state index >= 15 is 0 Å². The largest absolute Gasteiger partial charge is 0.455 e. The van der Waals surface area contributed by atoms with Gasteiger partial charge in [-0.1, -0.05) is 36.4 Å². The van der Waals surface area contributed by atoms with Gasteiger partial charge in [0.05, 0.1) is 11.4 Å². The lowest BCUT2D eigenvalue weighted by molar-refractivity contribution is 0.0994. The smallest absolute Gasteiger partial charge is 0.291 e. The van der Waals surface area contributed by atoms with Gasteiger partial charge in [-0.15, -0.1) is 0 Å². The highest BCUT2D eigenvalue weighted by Gasteiger charge is 2.28. The van der Waals surface area contributed by atoms with Crippen LogP contribution in [-0.2, 0) is 6.42 Å². The van der Waals surface area contributed by atoms with Crippen LogP contribution in [0.2, 0.25) is 0 Å². The Morgan fingerprint density at radius 1 is 0.963 bits per heavy atom. The van der Waals surface area contributed by atoms with Crippen LogP contribution in [0.1, 0.15) is 40.3 Å². The van der Waals surface area contributed by atoms with Gasteiger partial charge in [0.25, 0.3) is 5.91 Å². The number of nitrogens with one attached hydrogen (secondary N) is 2. The summed E-state index contributed by atoms with van der Waals surface area (Å²) in [4.78, 5) is 12.7. The number of fused-ring (bicyclic) bond motifs is 1. The van der Waals surface area contributed by atoms with E-state index in [1.165, 1.54) is 0 Å². The number of aryl methyl sites for hydroxylation is 1. The number of rotatable bonds is 4. The molecule has 0 atom stereocenters. The van der Waals surface area contributed by atoms with E-state index in [-0.39, 0.29) is 5.91 Å². The molecular weight excluding hydrogens is 338 g/mol. The van der Waals surface area contributed by atoms with Gasteiger partial charge in [-0.05, 0) is 44.0 Å². The molecule has 1 aliphatic rings. The van der Waals surface area contributed by atoms with Crippen molar-refractivity contribution >= 4 is 23.0 Å². The highest BCUT2D eigenvalue weighted by Crippen LogP contribution is 2.30. The molecule has 0 bridgehead atoms. The summed E-state index contributed by atoms with van der Waals surface area (Å²) in [6.07, 6.45) is 2.63. The number of hydrazone groups is 1. The van der Waals surface area contributed by atoms with Gasteiger partial charge in [0.2, 0.25) is 0 Å². The molecule has 1 amide bonds. The van der Waals surface area contributed by atoms with Crippen LogP contribution >= 0.6 is 0 Å². The monoisotopic (exact) mass is 359 g/mol. The van der Waals surface area contributed by atoms with Gasteiger partial charge in [-0.25, -0.2) is 0 Å². The van der Waals surface area contributed by atoms with Crippen LogP contribution in [0.25, 0.3) is 0 Å². The molecule has 5 nitrogen and oxygen atoms in total. The minimum absolute atomic E-state index is 0.233. The molecule has 4 rings (SSSR count). The van der Waals surface area contributed by atoms with Crippen LogP contribution < -0.4 is 10.7 Å². The first-order valence-electron chi connectivity index (χ1n) is 9.09. The molecule has 0 unspecified atom stereocenters. The Labute approximate surface area is 158 Å². The zero-order chi connectivity index (χ0) is 18.6. The van der Waals surface area contributed by atoms with Crippen molar-refractivity contribution in [2.24, 2.45) is 5.10 Å². The molecule has 27 heavy (non-hydrogen) atoms. The summed E-state index contributed by atoms with van der Waals surface area (Å²) < 4.78 is 5.93. The minimum atomic E-state index is -0.233. The summed E-state index contributed by atoms with van der Waals surface area (Å²) in [5, 5.41) is 7.48. The maximum absolute atomic E-state index is 12.7. The third kappa shape index (κ3) is 3.62. The van der Waals surface area contributed by atoms with E-state index in [1.807, 2.05) is 67.6 Å². The number of amides is 1. The summed E-state index contributed by atoms with van der Waals surface area (Å²) in [6.45, 7) is 1.92. The number of nitrogens with zero attached hydrogens (tertiary/aromatic N) is 1. The Morgan fingerprint density at radius 2 is 1.63 bits per heavy atom. The molecule has 2 aromatic carbocycles. The fourth-order valence-corrected chi connectivity index (χ4v) is 3.35. The molecule has 2 N–H and O–H groups in total. The first kappa shape index (κ1) is 17.1. The SMILES string of the molecule is Cc1c(C(=O)Nc2ccccc2)oc2c1/C(=N/Nc1ccccc1)CCC2. The molecule has 3 aromatic rings. The Balaban J connectivity index is 1.61. The molecule has 0 saturated heterocycles. The number of hydrogen-bond donors (Lipinski definition) is 2. The van der Waals surface area contributed by atoms with Crippen molar-refractivity contribution in [2.45, 2.75) is 26.2 Å². The molecule has 5 heteroatoms. The highest BCUT2D eigenvalue weighted by molar-refractivity contribution is 6.09. The molecular formula is C22H21N3O2. The first-order valence-corrected chi connectivity index (χ1v) is 9.09. The van der Waals surface area contributed by atoms with Gasteiger partial charge in [-0.2, -0.15) is 5.10 Å². The van der Waals surface area contributed by atoms with Crippen LogP contribution in [0, 0.1) is 6.92 Å². The Bertz CT molecular complexity index is 976. The van der Waals surface area contributed by atoms with E-state index < -0.39 is 0 Å². The fourth-order valence-electron chi connectivity index (χ4n) is 3.35. The second-order valence-electron chi connectivity index (χ2n) is 6.56. The zero-order valence-corrected chi connectivity index (χ0v) is 15.2. The predicted octanol–water partition coefficient (Wildman–Crippen LogP) is 4.99. The van der Waals surface area contributed by atoms with Crippen LogP contribution in [0.5, 0.6) is 0 Å². The fraction of sp³-hybridized carbons (Fsp3) is 0.182. The molecule has 1 heterocycles. The zero-order valence-electron chi connectivity index (χ0n) is 15.2. The highest BCUT2D eigenvalue weighted by atomic mass is 16.4. The molecule has 1 aromatic heterocycles. The number of carbonyl (C=O) groups excluding carboxylic acids is 1. The molecule has 0 saturated carbocycles. The van der Waals surface area contributed by atoms with Crippen LogP contribution in [0.4, 0.5) is 11.4 Å². The second kappa shape index (κ2) is 7.50. The van der Waals surface area contributed by atoms with Crippen molar-refractivity contribution in [3.8, 4) is 0 Å². The van der Waals surface area contributed by atoms with Crippen molar-refractivity contribution in [1.29, 1.82) is 0 Å². The van der Waals surface area contributed by atoms with Gasteiger partial charge >= 0.3 is 0 Å². The lowest BCUT2D eigenvalue weighted by Crippen LogP contribution is -2.14. The van der Waals surface area contributed by atoms with Crippen molar-refractivity contribution in [1.82, 2.24) is 0 Å². The number of hydrogen-bond acceptors (Lipinski definition) is 4. The summed E-state index contributed by atoms with van der Waals surface area (Å²) in [7, 11) is 0. The number of benzene rings is 2. The van der Waals surface area contributed by atoms with Gasteiger partial charge in [0, 0.05) is 23.2 Å². The Hall–Kier alpha value is -3.34. The van der Waals surface area contributed by atoms with Gasteiger partial charge in [0.15, 0.2) is 5.76 Å². The van der Waals surface area contributed by atoms with E-state index in [0.29, 0.717) is 5.76 Å². The average molecular weight is 359 g/mol. The number of carbonyl (C=O) groups is 1. The van der Waals surface area contributed by atoms with Gasteiger partial charge in [0.1, 0.15) is 5.76 Å². The normalized spacial score (nSPS) is 14.6. The summed E-state index contributed by atoms with van der Waals surface area (Å²) >= 11 is 0. The average Bonchev–Trinajstić information content (AvgIpc) is 3.05. The minimum Gasteiger partial charge on any atom is -0.455 e. The molecule has 1 aliphatic carbocycles. The van der Waals surface area contributed by atoms with Crippen molar-refractivity contribution in [3.05, 3.63) is 83.3 Å². The quantitative estimate of drug-likeness (QED) is 0.645. The molecule has 0 spiro atoms.